The fraction of sp³-hybridized carbons (Fsp3) is 0.429. The largest absolute Gasteiger partial charge is 0.480 e. The van der Waals surface area contributed by atoms with E-state index in [1.54, 1.807) is 0 Å². The number of aryl methyl sites for hydroxylation is 2. The maximum absolute atomic E-state index is 12.0. The highest BCUT2D eigenvalue weighted by Crippen LogP contribution is 2.26. The van der Waals surface area contributed by atoms with Crippen molar-refractivity contribution >= 4 is 17.6 Å². The van der Waals surface area contributed by atoms with Crippen LogP contribution in [0.2, 0.25) is 0 Å². The molecule has 0 fully saturated rings. The second-order valence-corrected chi connectivity index (χ2v) is 4.68. The molecule has 0 aromatic heterocycles. The van der Waals surface area contributed by atoms with Crippen molar-refractivity contribution < 1.29 is 14.7 Å². The number of carboxylic acids is 1. The first-order valence-corrected chi connectivity index (χ1v) is 6.08. The third kappa shape index (κ3) is 3.12. The summed E-state index contributed by atoms with van der Waals surface area (Å²) in [5, 5.41) is 14.1. The van der Waals surface area contributed by atoms with Crippen LogP contribution >= 0.6 is 0 Å². The van der Waals surface area contributed by atoms with Gasteiger partial charge in [0.1, 0.15) is 0 Å². The summed E-state index contributed by atoms with van der Waals surface area (Å²) in [6, 6.07) is 0.798. The molecule has 0 aliphatic carbocycles. The molecule has 0 saturated heterocycles. The van der Waals surface area contributed by atoms with Crippen LogP contribution in [0.5, 0.6) is 0 Å². The van der Waals surface area contributed by atoms with Crippen molar-refractivity contribution in [3.05, 3.63) is 28.3 Å². The summed E-state index contributed by atoms with van der Waals surface area (Å²) in [6.45, 7) is 7.74. The highest BCUT2D eigenvalue weighted by atomic mass is 16.4. The number of carboxylic acid groups (broad SMARTS) is 1. The lowest BCUT2D eigenvalue weighted by Gasteiger charge is -2.18. The molecule has 0 bridgehead atoms. The number of likely N-dealkylation sites (N-methyl/N-ethyl adjacent to an activating group) is 1. The molecular weight excluding hydrogens is 244 g/mol. The summed E-state index contributed by atoms with van der Waals surface area (Å²) in [5.41, 5.74) is 4.74. The Labute approximate surface area is 113 Å². The standard InChI is InChI=1S/C14H20N2O3/c1-7-6-8(2)10(4)11(9(7)3)16-13(17)12(15-5)14(18)19/h6,12,15H,1-5H3,(H,16,17)(H,18,19). The Morgan fingerprint density at radius 2 is 1.58 bits per heavy atom. The Hall–Kier alpha value is -1.88. The molecule has 1 unspecified atom stereocenters. The van der Waals surface area contributed by atoms with Gasteiger partial charge in [-0.05, 0) is 57.0 Å². The van der Waals surface area contributed by atoms with Gasteiger partial charge in [-0.25, -0.2) is 4.79 Å². The van der Waals surface area contributed by atoms with Crippen LogP contribution in [0.15, 0.2) is 6.07 Å². The van der Waals surface area contributed by atoms with Crippen LogP contribution < -0.4 is 10.6 Å². The fourth-order valence-electron chi connectivity index (χ4n) is 1.97. The van der Waals surface area contributed by atoms with Crippen LogP contribution in [-0.2, 0) is 9.59 Å². The van der Waals surface area contributed by atoms with Gasteiger partial charge < -0.3 is 10.4 Å². The van der Waals surface area contributed by atoms with Crippen molar-refractivity contribution in [1.82, 2.24) is 5.32 Å². The first-order chi connectivity index (χ1) is 8.79. The van der Waals surface area contributed by atoms with Crippen molar-refractivity contribution in [3.63, 3.8) is 0 Å². The minimum atomic E-state index is -1.25. The van der Waals surface area contributed by atoms with Crippen LogP contribution in [0.4, 0.5) is 5.69 Å². The fourth-order valence-corrected chi connectivity index (χ4v) is 1.97. The molecule has 0 saturated carbocycles. The van der Waals surface area contributed by atoms with Crippen LogP contribution in [0, 0.1) is 27.7 Å². The molecule has 1 aromatic rings. The maximum Gasteiger partial charge on any atom is 0.330 e. The summed E-state index contributed by atoms with van der Waals surface area (Å²) < 4.78 is 0. The molecule has 0 radical (unpaired) electrons. The zero-order valence-electron chi connectivity index (χ0n) is 11.9. The normalized spacial score (nSPS) is 12.1. The van der Waals surface area contributed by atoms with Gasteiger partial charge in [0.05, 0.1) is 0 Å². The minimum absolute atomic E-state index is 0.564. The number of aliphatic carboxylic acids is 1. The molecule has 0 spiro atoms. The second-order valence-electron chi connectivity index (χ2n) is 4.68. The molecule has 3 N–H and O–H groups in total. The van der Waals surface area contributed by atoms with E-state index in [2.05, 4.69) is 10.6 Å². The molecule has 5 nitrogen and oxygen atoms in total. The van der Waals surface area contributed by atoms with Gasteiger partial charge in [-0.15, -0.1) is 0 Å². The van der Waals surface area contributed by atoms with E-state index in [4.69, 9.17) is 5.11 Å². The average Bonchev–Trinajstić information content (AvgIpc) is 2.32. The predicted molar refractivity (Wildman–Crippen MR) is 74.5 cm³/mol. The Kier molecular flexibility index (Phi) is 4.67. The van der Waals surface area contributed by atoms with Gasteiger partial charge >= 0.3 is 5.97 Å². The molecule has 0 aliphatic rings. The second kappa shape index (κ2) is 5.84. The first-order valence-electron chi connectivity index (χ1n) is 6.08. The SMILES string of the molecule is CNC(C(=O)O)C(=O)Nc1c(C)c(C)cc(C)c1C. The molecule has 1 atom stereocenters. The Bertz CT molecular complexity index is 498. The molecule has 1 amide bonds. The lowest BCUT2D eigenvalue weighted by atomic mass is 9.98. The average molecular weight is 264 g/mol. The number of carbonyl (C=O) groups excluding carboxylic acids is 1. The van der Waals surface area contributed by atoms with Crippen molar-refractivity contribution in [3.8, 4) is 0 Å². The number of nitrogens with one attached hydrogen (secondary N) is 2. The van der Waals surface area contributed by atoms with E-state index in [1.165, 1.54) is 7.05 Å². The number of hydrogen-bond donors (Lipinski definition) is 3. The molecule has 5 heteroatoms. The van der Waals surface area contributed by atoms with Crippen LogP contribution in [0.1, 0.15) is 22.3 Å². The van der Waals surface area contributed by atoms with Gasteiger partial charge in [0.15, 0.2) is 6.04 Å². The van der Waals surface area contributed by atoms with E-state index in [1.807, 2.05) is 33.8 Å². The topological polar surface area (TPSA) is 78.4 Å². The van der Waals surface area contributed by atoms with Gasteiger partial charge in [-0.1, -0.05) is 6.07 Å². The summed E-state index contributed by atoms with van der Waals surface area (Å²) in [6.07, 6.45) is 0. The Balaban J connectivity index is 3.13. The van der Waals surface area contributed by atoms with Gasteiger partial charge in [0.25, 0.3) is 5.91 Å². The molecule has 1 rings (SSSR count). The summed E-state index contributed by atoms with van der Waals surface area (Å²) in [5.74, 6) is -1.76. The van der Waals surface area contributed by atoms with Gasteiger partial charge in [-0.3, -0.25) is 10.1 Å². The number of carbonyl (C=O) groups is 2. The minimum Gasteiger partial charge on any atom is -0.480 e. The molecule has 104 valence electrons. The molecule has 1 aromatic carbocycles. The molecule has 19 heavy (non-hydrogen) atoms. The van der Waals surface area contributed by atoms with Crippen molar-refractivity contribution in [2.75, 3.05) is 12.4 Å². The van der Waals surface area contributed by atoms with E-state index in [0.717, 1.165) is 22.3 Å². The summed E-state index contributed by atoms with van der Waals surface area (Å²) in [4.78, 5) is 22.9. The molecular formula is C14H20N2O3. The van der Waals surface area contributed by atoms with E-state index < -0.39 is 17.9 Å². The third-order valence-corrected chi connectivity index (χ3v) is 3.41. The number of rotatable bonds is 4. The summed E-state index contributed by atoms with van der Waals surface area (Å²) in [7, 11) is 1.44. The van der Waals surface area contributed by atoms with Crippen LogP contribution in [-0.4, -0.2) is 30.1 Å². The van der Waals surface area contributed by atoms with Crippen LogP contribution in [0.25, 0.3) is 0 Å². The van der Waals surface area contributed by atoms with E-state index >= 15 is 0 Å². The van der Waals surface area contributed by atoms with Gasteiger partial charge in [0, 0.05) is 5.69 Å². The highest BCUT2D eigenvalue weighted by Gasteiger charge is 2.25. The van der Waals surface area contributed by atoms with E-state index in [9.17, 15) is 9.59 Å². The molecule has 0 heterocycles. The van der Waals surface area contributed by atoms with E-state index in [0.29, 0.717) is 5.69 Å². The highest BCUT2D eigenvalue weighted by molar-refractivity contribution is 6.08. The Morgan fingerprint density at radius 1 is 1.11 bits per heavy atom. The van der Waals surface area contributed by atoms with E-state index in [-0.39, 0.29) is 0 Å². The Morgan fingerprint density at radius 3 is 1.95 bits per heavy atom. The third-order valence-electron chi connectivity index (χ3n) is 3.41. The van der Waals surface area contributed by atoms with Crippen molar-refractivity contribution in [2.24, 2.45) is 0 Å². The first kappa shape index (κ1) is 15.2. The van der Waals surface area contributed by atoms with Crippen molar-refractivity contribution in [1.29, 1.82) is 0 Å². The lowest BCUT2D eigenvalue weighted by molar-refractivity contribution is -0.142. The number of hydrogen-bond acceptors (Lipinski definition) is 3. The maximum atomic E-state index is 12.0. The number of benzene rings is 1. The quantitative estimate of drug-likeness (QED) is 0.721. The van der Waals surface area contributed by atoms with Gasteiger partial charge in [0.2, 0.25) is 0 Å². The lowest BCUT2D eigenvalue weighted by Crippen LogP contribution is -2.44. The van der Waals surface area contributed by atoms with Crippen LogP contribution in [0.3, 0.4) is 0 Å². The molecule has 0 aliphatic heterocycles. The monoisotopic (exact) mass is 264 g/mol. The number of anilines is 1. The summed E-state index contributed by atoms with van der Waals surface area (Å²) >= 11 is 0. The smallest absolute Gasteiger partial charge is 0.330 e. The zero-order chi connectivity index (χ0) is 14.7. The van der Waals surface area contributed by atoms with Gasteiger partial charge in [-0.2, -0.15) is 0 Å². The van der Waals surface area contributed by atoms with Crippen molar-refractivity contribution in [2.45, 2.75) is 33.7 Å². The predicted octanol–water partition coefficient (Wildman–Crippen LogP) is 1.53. The number of amides is 1. The zero-order valence-corrected chi connectivity index (χ0v) is 11.9.